The number of nitrogens with one attached hydrogen (secondary N) is 2. The van der Waals surface area contributed by atoms with E-state index in [9.17, 15) is 19.2 Å². The van der Waals surface area contributed by atoms with Crippen molar-refractivity contribution in [3.8, 4) is 0 Å². The van der Waals surface area contributed by atoms with Crippen LogP contribution < -0.4 is 10.6 Å². The van der Waals surface area contributed by atoms with Crippen LogP contribution in [0.4, 0.5) is 0 Å². The second-order valence-electron chi connectivity index (χ2n) is 6.18. The quantitative estimate of drug-likeness (QED) is 0.342. The maximum absolute atomic E-state index is 12.4. The van der Waals surface area contributed by atoms with Gasteiger partial charge in [-0.25, -0.2) is 4.79 Å². The Labute approximate surface area is 184 Å². The van der Waals surface area contributed by atoms with Gasteiger partial charge < -0.3 is 20.1 Å². The SMILES string of the molecule is COC(=O)CC/C(=C/C=C(\NC(=O)c1ccccn1)C(=O)OC)NC(=O)c1ccccn1. The summed E-state index contributed by atoms with van der Waals surface area (Å²) in [4.78, 5) is 56.4. The molecule has 2 aromatic rings. The average molecular weight is 438 g/mol. The molecular formula is C22H22N4O6. The van der Waals surface area contributed by atoms with Gasteiger partial charge in [-0.15, -0.1) is 0 Å². The number of carbonyl (C=O) groups is 4. The highest BCUT2D eigenvalue weighted by Crippen LogP contribution is 2.07. The van der Waals surface area contributed by atoms with Gasteiger partial charge in [0, 0.05) is 18.1 Å². The third-order valence-corrected chi connectivity index (χ3v) is 4.00. The molecular weight excluding hydrogens is 416 g/mol. The molecule has 2 aromatic heterocycles. The largest absolute Gasteiger partial charge is 0.469 e. The van der Waals surface area contributed by atoms with Gasteiger partial charge in [-0.3, -0.25) is 24.4 Å². The van der Waals surface area contributed by atoms with Gasteiger partial charge in [0.2, 0.25) is 0 Å². The van der Waals surface area contributed by atoms with Crippen molar-refractivity contribution in [2.45, 2.75) is 12.8 Å². The first-order valence-electron chi connectivity index (χ1n) is 9.45. The lowest BCUT2D eigenvalue weighted by molar-refractivity contribution is -0.140. The highest BCUT2D eigenvalue weighted by atomic mass is 16.5. The zero-order chi connectivity index (χ0) is 23.3. The summed E-state index contributed by atoms with van der Waals surface area (Å²) in [5.41, 5.74) is 0.364. The van der Waals surface area contributed by atoms with E-state index in [1.54, 1.807) is 24.3 Å². The normalized spacial score (nSPS) is 11.3. The highest BCUT2D eigenvalue weighted by molar-refractivity contribution is 6.00. The monoisotopic (exact) mass is 438 g/mol. The standard InChI is InChI=1S/C22H22N4O6/c1-31-19(27)12-10-15(25-20(28)16-7-3-5-13-23-16)9-11-18(22(30)32-2)26-21(29)17-8-4-6-14-24-17/h3-9,11,13-14H,10,12H2,1-2H3,(H,25,28)(H,26,29)/b15-9-,18-11-. The Bertz CT molecular complexity index is 1020. The molecule has 0 spiro atoms. The van der Waals surface area contributed by atoms with Crippen LogP contribution in [0.15, 0.2) is 72.3 Å². The molecule has 10 heteroatoms. The predicted octanol–water partition coefficient (Wildman–Crippen LogP) is 1.53. The molecule has 0 unspecified atom stereocenters. The molecule has 0 bridgehead atoms. The molecule has 0 aliphatic carbocycles. The van der Waals surface area contributed by atoms with Crippen molar-refractivity contribution < 1.29 is 28.7 Å². The molecule has 2 N–H and O–H groups in total. The zero-order valence-corrected chi connectivity index (χ0v) is 17.5. The Hall–Kier alpha value is -4.34. The van der Waals surface area contributed by atoms with Gasteiger partial charge in [-0.2, -0.15) is 0 Å². The first-order chi connectivity index (χ1) is 15.4. The van der Waals surface area contributed by atoms with E-state index in [1.807, 2.05) is 0 Å². The molecule has 0 aliphatic heterocycles. The minimum Gasteiger partial charge on any atom is -0.469 e. The van der Waals surface area contributed by atoms with Crippen LogP contribution in [0.5, 0.6) is 0 Å². The van der Waals surface area contributed by atoms with Gasteiger partial charge >= 0.3 is 11.9 Å². The van der Waals surface area contributed by atoms with Crippen molar-refractivity contribution in [2.75, 3.05) is 14.2 Å². The summed E-state index contributed by atoms with van der Waals surface area (Å²) in [6, 6.07) is 9.60. The maximum atomic E-state index is 12.4. The average Bonchev–Trinajstić information content (AvgIpc) is 2.84. The van der Waals surface area contributed by atoms with Gasteiger partial charge in [-0.1, -0.05) is 12.1 Å². The summed E-state index contributed by atoms with van der Waals surface area (Å²) < 4.78 is 9.33. The van der Waals surface area contributed by atoms with E-state index in [4.69, 9.17) is 4.74 Å². The van der Waals surface area contributed by atoms with E-state index < -0.39 is 23.8 Å². The summed E-state index contributed by atoms with van der Waals surface area (Å²) in [5, 5.41) is 5.06. The van der Waals surface area contributed by atoms with Crippen LogP contribution in [0.1, 0.15) is 33.8 Å². The number of amides is 2. The second-order valence-corrected chi connectivity index (χ2v) is 6.18. The molecule has 32 heavy (non-hydrogen) atoms. The molecule has 0 aliphatic rings. The van der Waals surface area contributed by atoms with Crippen molar-refractivity contribution in [2.24, 2.45) is 0 Å². The number of esters is 2. The van der Waals surface area contributed by atoms with Gasteiger partial charge in [0.15, 0.2) is 0 Å². The Kier molecular flexibility index (Phi) is 9.26. The summed E-state index contributed by atoms with van der Waals surface area (Å²) >= 11 is 0. The number of rotatable bonds is 9. The van der Waals surface area contributed by atoms with E-state index in [1.165, 1.54) is 43.8 Å². The number of methoxy groups -OCH3 is 2. The van der Waals surface area contributed by atoms with Crippen LogP contribution in [0.3, 0.4) is 0 Å². The van der Waals surface area contributed by atoms with Gasteiger partial charge in [0.1, 0.15) is 17.1 Å². The fraction of sp³-hybridized carbons (Fsp3) is 0.182. The van der Waals surface area contributed by atoms with Crippen LogP contribution in [-0.4, -0.2) is 47.9 Å². The molecule has 10 nitrogen and oxygen atoms in total. The van der Waals surface area contributed by atoms with Crippen molar-refractivity contribution in [3.05, 3.63) is 83.7 Å². The van der Waals surface area contributed by atoms with Gasteiger partial charge in [0.05, 0.1) is 20.6 Å². The topological polar surface area (TPSA) is 137 Å². The molecule has 0 fully saturated rings. The number of allylic oxidation sites excluding steroid dienone is 3. The number of carbonyl (C=O) groups excluding carboxylic acids is 4. The molecule has 0 radical (unpaired) electrons. The second kappa shape index (κ2) is 12.4. The Morgan fingerprint density at radius 1 is 0.812 bits per heavy atom. The first kappa shape index (κ1) is 23.9. The third-order valence-electron chi connectivity index (χ3n) is 4.00. The summed E-state index contributed by atoms with van der Waals surface area (Å²) in [6.07, 6.45) is 5.63. The highest BCUT2D eigenvalue weighted by Gasteiger charge is 2.16. The number of ether oxygens (including phenoxy) is 2. The van der Waals surface area contributed by atoms with Gasteiger partial charge in [0.25, 0.3) is 11.8 Å². The van der Waals surface area contributed by atoms with E-state index >= 15 is 0 Å². The molecule has 0 aromatic carbocycles. The van der Waals surface area contributed by atoms with E-state index in [-0.39, 0.29) is 29.9 Å². The van der Waals surface area contributed by atoms with Crippen LogP contribution in [0.25, 0.3) is 0 Å². The van der Waals surface area contributed by atoms with Crippen LogP contribution >= 0.6 is 0 Å². The summed E-state index contributed by atoms with van der Waals surface area (Å²) in [7, 11) is 2.41. The molecule has 166 valence electrons. The lowest BCUT2D eigenvalue weighted by Crippen LogP contribution is -2.29. The van der Waals surface area contributed by atoms with E-state index in [2.05, 4.69) is 25.3 Å². The Morgan fingerprint density at radius 3 is 1.91 bits per heavy atom. The molecule has 2 rings (SSSR count). The Balaban J connectivity index is 2.27. The fourth-order valence-electron chi connectivity index (χ4n) is 2.37. The molecule has 2 heterocycles. The smallest absolute Gasteiger partial charge is 0.354 e. The number of pyridine rings is 2. The molecule has 2 amide bonds. The molecule has 0 saturated heterocycles. The lowest BCUT2D eigenvalue weighted by atomic mass is 10.2. The van der Waals surface area contributed by atoms with E-state index in [0.717, 1.165) is 7.11 Å². The van der Waals surface area contributed by atoms with Crippen LogP contribution in [0.2, 0.25) is 0 Å². The lowest BCUT2D eigenvalue weighted by Gasteiger charge is -2.10. The van der Waals surface area contributed by atoms with Crippen LogP contribution in [-0.2, 0) is 19.1 Å². The van der Waals surface area contributed by atoms with Crippen molar-refractivity contribution in [3.63, 3.8) is 0 Å². The number of hydrogen-bond donors (Lipinski definition) is 2. The van der Waals surface area contributed by atoms with E-state index in [0.29, 0.717) is 5.70 Å². The predicted molar refractivity (Wildman–Crippen MR) is 113 cm³/mol. The summed E-state index contributed by atoms with van der Waals surface area (Å²) in [5.74, 6) is -2.42. The van der Waals surface area contributed by atoms with Crippen molar-refractivity contribution >= 4 is 23.8 Å². The Morgan fingerprint density at radius 2 is 1.41 bits per heavy atom. The minimum atomic E-state index is -0.811. The fourth-order valence-corrected chi connectivity index (χ4v) is 2.37. The van der Waals surface area contributed by atoms with Gasteiger partial charge in [-0.05, 0) is 42.8 Å². The molecule has 0 saturated carbocycles. The zero-order valence-electron chi connectivity index (χ0n) is 17.5. The minimum absolute atomic E-state index is 0.0213. The number of hydrogen-bond acceptors (Lipinski definition) is 8. The number of aromatic nitrogens is 2. The first-order valence-corrected chi connectivity index (χ1v) is 9.45. The number of nitrogens with zero attached hydrogens (tertiary/aromatic N) is 2. The van der Waals surface area contributed by atoms with Crippen molar-refractivity contribution in [1.82, 2.24) is 20.6 Å². The maximum Gasteiger partial charge on any atom is 0.354 e. The molecule has 0 atom stereocenters. The van der Waals surface area contributed by atoms with Crippen LogP contribution in [0, 0.1) is 0 Å². The third kappa shape index (κ3) is 7.48. The summed E-state index contributed by atoms with van der Waals surface area (Å²) in [6.45, 7) is 0. The van der Waals surface area contributed by atoms with Crippen molar-refractivity contribution in [1.29, 1.82) is 0 Å².